The minimum absolute atomic E-state index is 0.253. The molecule has 1 atom stereocenters. The van der Waals surface area contributed by atoms with Crippen LogP contribution in [0.3, 0.4) is 0 Å². The second-order valence-electron chi connectivity index (χ2n) is 6.84. The van der Waals surface area contributed by atoms with Crippen LogP contribution in [0.25, 0.3) is 0 Å². The van der Waals surface area contributed by atoms with Crippen LogP contribution in [0.1, 0.15) is 38.4 Å². The van der Waals surface area contributed by atoms with Crippen LogP contribution in [0, 0.1) is 5.92 Å². The highest BCUT2D eigenvalue weighted by molar-refractivity contribution is 5.89. The maximum Gasteiger partial charge on any atom is 0.319 e. The number of carbonyl (C=O) groups is 1. The van der Waals surface area contributed by atoms with Gasteiger partial charge in [0, 0.05) is 18.0 Å². The van der Waals surface area contributed by atoms with E-state index in [1.807, 2.05) is 0 Å². The van der Waals surface area contributed by atoms with E-state index in [0.717, 1.165) is 12.8 Å². The molecule has 152 valence electrons. The van der Waals surface area contributed by atoms with Gasteiger partial charge in [-0.15, -0.1) is 0 Å². The summed E-state index contributed by atoms with van der Waals surface area (Å²) in [6, 6.07) is 9.49. The third kappa shape index (κ3) is 6.74. The van der Waals surface area contributed by atoms with Gasteiger partial charge in [0.1, 0.15) is 0 Å². The molecule has 2 amide bonds. The maximum atomic E-state index is 12.3. The van der Waals surface area contributed by atoms with Gasteiger partial charge in [0.2, 0.25) is 0 Å². The average molecular weight is 387 g/mol. The van der Waals surface area contributed by atoms with Crippen LogP contribution >= 0.6 is 0 Å². The third-order valence-corrected chi connectivity index (χ3v) is 4.14. The number of urea groups is 1. The zero-order valence-corrected chi connectivity index (χ0v) is 16.6. The van der Waals surface area contributed by atoms with Crippen LogP contribution in [0.15, 0.2) is 42.6 Å². The molecule has 1 aromatic heterocycles. The van der Waals surface area contributed by atoms with Crippen LogP contribution in [0.2, 0.25) is 0 Å². The van der Waals surface area contributed by atoms with Crippen molar-refractivity contribution < 1.29 is 19.4 Å². The number of ether oxygens (including phenoxy) is 2. The summed E-state index contributed by atoms with van der Waals surface area (Å²) in [6.07, 6.45) is 3.64. The number of aliphatic hydroxyl groups excluding tert-OH is 1. The van der Waals surface area contributed by atoms with Crippen molar-refractivity contribution >= 4 is 11.7 Å². The van der Waals surface area contributed by atoms with Gasteiger partial charge in [0.15, 0.2) is 11.5 Å². The van der Waals surface area contributed by atoms with Gasteiger partial charge in [-0.3, -0.25) is 4.98 Å². The first-order chi connectivity index (χ1) is 13.5. The van der Waals surface area contributed by atoms with E-state index in [4.69, 9.17) is 9.47 Å². The molecule has 0 saturated carbocycles. The number of methoxy groups -OCH3 is 1. The van der Waals surface area contributed by atoms with Crippen molar-refractivity contribution in [2.75, 3.05) is 25.6 Å². The number of nitrogens with zero attached hydrogens (tertiary/aromatic N) is 1. The zero-order valence-electron chi connectivity index (χ0n) is 16.6. The first-order valence-corrected chi connectivity index (χ1v) is 9.43. The van der Waals surface area contributed by atoms with E-state index in [1.54, 1.807) is 49.7 Å². The molecule has 1 heterocycles. The van der Waals surface area contributed by atoms with Crippen molar-refractivity contribution in [3.8, 4) is 11.5 Å². The highest BCUT2D eigenvalue weighted by Crippen LogP contribution is 2.30. The number of anilines is 1. The molecule has 0 bridgehead atoms. The minimum Gasteiger partial charge on any atom is -0.493 e. The number of benzene rings is 1. The molecule has 2 rings (SSSR count). The summed E-state index contributed by atoms with van der Waals surface area (Å²) in [7, 11) is 1.58. The Hall–Kier alpha value is -2.80. The summed E-state index contributed by atoms with van der Waals surface area (Å²) in [5.74, 6) is 1.81. The van der Waals surface area contributed by atoms with Gasteiger partial charge < -0.3 is 25.2 Å². The predicted molar refractivity (Wildman–Crippen MR) is 109 cm³/mol. The number of hydrogen-bond donors (Lipinski definition) is 3. The molecule has 0 aliphatic heterocycles. The van der Waals surface area contributed by atoms with Gasteiger partial charge in [-0.1, -0.05) is 19.9 Å². The first kappa shape index (κ1) is 21.5. The van der Waals surface area contributed by atoms with Crippen LogP contribution in [0.5, 0.6) is 11.5 Å². The predicted octanol–water partition coefficient (Wildman–Crippen LogP) is 3.76. The molecule has 7 heteroatoms. The Morgan fingerprint density at radius 1 is 1.21 bits per heavy atom. The van der Waals surface area contributed by atoms with Gasteiger partial charge in [0.25, 0.3) is 0 Å². The molecule has 0 spiro atoms. The second kappa shape index (κ2) is 11.1. The molecule has 1 unspecified atom stereocenters. The van der Waals surface area contributed by atoms with Gasteiger partial charge in [-0.2, -0.15) is 0 Å². The van der Waals surface area contributed by atoms with Crippen molar-refractivity contribution in [3.63, 3.8) is 0 Å². The fourth-order valence-corrected chi connectivity index (χ4v) is 2.66. The van der Waals surface area contributed by atoms with Crippen LogP contribution < -0.4 is 20.1 Å². The topological polar surface area (TPSA) is 92.7 Å². The number of pyridine rings is 1. The van der Waals surface area contributed by atoms with Crippen LogP contribution in [-0.4, -0.2) is 36.4 Å². The maximum absolute atomic E-state index is 12.3. The molecule has 0 radical (unpaired) electrons. The fourth-order valence-electron chi connectivity index (χ4n) is 2.66. The number of carbonyl (C=O) groups excluding carboxylic acids is 1. The van der Waals surface area contributed by atoms with Crippen molar-refractivity contribution in [2.24, 2.45) is 5.92 Å². The molecule has 7 nitrogen and oxygen atoms in total. The van der Waals surface area contributed by atoms with Gasteiger partial charge in [-0.25, -0.2) is 4.79 Å². The lowest BCUT2D eigenvalue weighted by molar-refractivity contribution is 0.224. The summed E-state index contributed by atoms with van der Waals surface area (Å²) in [4.78, 5) is 16.5. The molecule has 3 N–H and O–H groups in total. The lowest BCUT2D eigenvalue weighted by atomic mass is 10.1. The lowest BCUT2D eigenvalue weighted by Crippen LogP contribution is -2.34. The van der Waals surface area contributed by atoms with E-state index < -0.39 is 12.1 Å². The van der Waals surface area contributed by atoms with E-state index >= 15 is 0 Å². The Balaban J connectivity index is 1.98. The zero-order chi connectivity index (χ0) is 20.4. The SMILES string of the molecule is COc1ccc(NC(=O)NC(CO)c2ccccn2)cc1OCCCC(C)C. The molecule has 1 aromatic carbocycles. The molecular weight excluding hydrogens is 358 g/mol. The summed E-state index contributed by atoms with van der Waals surface area (Å²) in [5, 5.41) is 15.0. The number of amides is 2. The average Bonchev–Trinajstić information content (AvgIpc) is 2.70. The van der Waals surface area contributed by atoms with Crippen LogP contribution in [-0.2, 0) is 0 Å². The number of nitrogens with one attached hydrogen (secondary N) is 2. The summed E-state index contributed by atoms with van der Waals surface area (Å²) in [5.41, 5.74) is 1.15. The van der Waals surface area contributed by atoms with E-state index in [-0.39, 0.29) is 6.61 Å². The van der Waals surface area contributed by atoms with Crippen molar-refractivity contribution in [1.29, 1.82) is 0 Å². The Morgan fingerprint density at radius 2 is 2.04 bits per heavy atom. The number of aliphatic hydroxyl groups is 1. The Bertz CT molecular complexity index is 738. The Labute approximate surface area is 166 Å². The Morgan fingerprint density at radius 3 is 2.68 bits per heavy atom. The highest BCUT2D eigenvalue weighted by Gasteiger charge is 2.15. The number of hydrogen-bond acceptors (Lipinski definition) is 5. The molecule has 28 heavy (non-hydrogen) atoms. The number of rotatable bonds is 10. The minimum atomic E-state index is -0.591. The third-order valence-electron chi connectivity index (χ3n) is 4.14. The normalized spacial score (nSPS) is 11.8. The van der Waals surface area contributed by atoms with Crippen molar-refractivity contribution in [1.82, 2.24) is 10.3 Å². The Kier molecular flexibility index (Phi) is 8.55. The standard InChI is InChI=1S/C21H29N3O4/c1-15(2)7-6-12-28-20-13-16(9-10-19(20)27-3)23-21(26)24-18(14-25)17-8-4-5-11-22-17/h4-5,8-11,13,15,18,25H,6-7,12,14H2,1-3H3,(H2,23,24,26). The summed E-state index contributed by atoms with van der Waals surface area (Å²) >= 11 is 0. The first-order valence-electron chi connectivity index (χ1n) is 9.43. The van der Waals surface area contributed by atoms with Gasteiger partial charge in [-0.05, 0) is 43.0 Å². The fraction of sp³-hybridized carbons (Fsp3) is 0.429. The quantitative estimate of drug-likeness (QED) is 0.540. The van der Waals surface area contributed by atoms with E-state index in [9.17, 15) is 9.90 Å². The van der Waals surface area contributed by atoms with E-state index in [0.29, 0.717) is 35.4 Å². The second-order valence-corrected chi connectivity index (χ2v) is 6.84. The molecule has 0 fully saturated rings. The van der Waals surface area contributed by atoms with E-state index in [2.05, 4.69) is 29.5 Å². The molecular formula is C21H29N3O4. The van der Waals surface area contributed by atoms with Gasteiger partial charge in [0.05, 0.1) is 32.1 Å². The van der Waals surface area contributed by atoms with Gasteiger partial charge >= 0.3 is 6.03 Å². The molecule has 0 aliphatic rings. The molecule has 0 saturated heterocycles. The summed E-state index contributed by atoms with van der Waals surface area (Å²) < 4.78 is 11.2. The monoisotopic (exact) mass is 387 g/mol. The van der Waals surface area contributed by atoms with Crippen molar-refractivity contribution in [3.05, 3.63) is 48.3 Å². The lowest BCUT2D eigenvalue weighted by Gasteiger charge is -2.17. The molecule has 2 aromatic rings. The molecule has 0 aliphatic carbocycles. The number of aromatic nitrogens is 1. The highest BCUT2D eigenvalue weighted by atomic mass is 16.5. The van der Waals surface area contributed by atoms with Crippen molar-refractivity contribution in [2.45, 2.75) is 32.7 Å². The smallest absolute Gasteiger partial charge is 0.319 e. The van der Waals surface area contributed by atoms with E-state index in [1.165, 1.54) is 0 Å². The largest absolute Gasteiger partial charge is 0.493 e. The summed E-state index contributed by atoms with van der Waals surface area (Å²) in [6.45, 7) is 4.68. The van der Waals surface area contributed by atoms with Crippen LogP contribution in [0.4, 0.5) is 10.5 Å².